The average molecular weight is 372 g/mol. The van der Waals surface area contributed by atoms with E-state index in [0.29, 0.717) is 37.7 Å². The van der Waals surface area contributed by atoms with E-state index in [2.05, 4.69) is 0 Å². The van der Waals surface area contributed by atoms with Crippen molar-refractivity contribution >= 4 is 17.9 Å². The van der Waals surface area contributed by atoms with E-state index in [-0.39, 0.29) is 23.8 Å². The third-order valence-electron chi connectivity index (χ3n) is 4.80. The van der Waals surface area contributed by atoms with Crippen molar-refractivity contribution in [2.24, 2.45) is 5.92 Å². The number of hydrogen-bond donors (Lipinski definition) is 0. The highest BCUT2D eigenvalue weighted by Crippen LogP contribution is 2.31. The molecule has 0 atom stereocenters. The second kappa shape index (κ2) is 8.46. The molecular weight excluding hydrogens is 344 g/mol. The van der Waals surface area contributed by atoms with E-state index in [9.17, 15) is 9.59 Å². The summed E-state index contributed by atoms with van der Waals surface area (Å²) in [5, 5.41) is 0. The summed E-state index contributed by atoms with van der Waals surface area (Å²) in [6.45, 7) is 6.36. The van der Waals surface area contributed by atoms with Crippen LogP contribution < -0.4 is 9.47 Å². The molecule has 1 aromatic carbocycles. The fourth-order valence-corrected chi connectivity index (χ4v) is 3.15. The molecule has 6 nitrogen and oxygen atoms in total. The smallest absolute Gasteiger partial charge is 0.246 e. The van der Waals surface area contributed by atoms with Crippen molar-refractivity contribution in [3.63, 3.8) is 0 Å². The predicted molar refractivity (Wildman–Crippen MR) is 104 cm³/mol. The van der Waals surface area contributed by atoms with E-state index >= 15 is 0 Å². The maximum Gasteiger partial charge on any atom is 0.246 e. The van der Waals surface area contributed by atoms with Crippen LogP contribution in [0.15, 0.2) is 24.3 Å². The molecule has 6 heteroatoms. The zero-order valence-corrected chi connectivity index (χ0v) is 16.3. The Balaban J connectivity index is 1.56. The summed E-state index contributed by atoms with van der Waals surface area (Å²) in [7, 11) is 1.60. The SMILES string of the molecule is COc1cc(/C=C/C(=O)N2CCN(C(=O)C3CC3)CC2)ccc1OC(C)C. The van der Waals surface area contributed by atoms with Gasteiger partial charge in [-0.3, -0.25) is 9.59 Å². The van der Waals surface area contributed by atoms with Crippen molar-refractivity contribution in [2.75, 3.05) is 33.3 Å². The maximum atomic E-state index is 12.4. The van der Waals surface area contributed by atoms with Crippen molar-refractivity contribution in [1.29, 1.82) is 0 Å². The van der Waals surface area contributed by atoms with Gasteiger partial charge < -0.3 is 19.3 Å². The van der Waals surface area contributed by atoms with Crippen LogP contribution in [0.2, 0.25) is 0 Å². The van der Waals surface area contributed by atoms with Crippen LogP contribution in [0.5, 0.6) is 11.5 Å². The summed E-state index contributed by atoms with van der Waals surface area (Å²) >= 11 is 0. The Labute approximate surface area is 160 Å². The Morgan fingerprint density at radius 2 is 1.74 bits per heavy atom. The fraction of sp³-hybridized carbons (Fsp3) is 0.524. The molecule has 1 saturated carbocycles. The Hall–Kier alpha value is -2.50. The van der Waals surface area contributed by atoms with Crippen LogP contribution in [0.3, 0.4) is 0 Å². The molecular formula is C21H28N2O4. The summed E-state index contributed by atoms with van der Waals surface area (Å²) in [5.74, 6) is 1.80. The molecule has 27 heavy (non-hydrogen) atoms. The van der Waals surface area contributed by atoms with Crippen molar-refractivity contribution in [3.8, 4) is 11.5 Å². The van der Waals surface area contributed by atoms with Gasteiger partial charge in [0.05, 0.1) is 13.2 Å². The number of carbonyl (C=O) groups is 2. The minimum Gasteiger partial charge on any atom is -0.493 e. The molecule has 1 aliphatic carbocycles. The number of benzene rings is 1. The minimum absolute atomic E-state index is 0.0324. The van der Waals surface area contributed by atoms with Gasteiger partial charge in [-0.25, -0.2) is 0 Å². The molecule has 0 unspecified atom stereocenters. The van der Waals surface area contributed by atoms with Crippen molar-refractivity contribution in [1.82, 2.24) is 9.80 Å². The topological polar surface area (TPSA) is 59.1 Å². The summed E-state index contributed by atoms with van der Waals surface area (Å²) in [4.78, 5) is 28.2. The molecule has 0 spiro atoms. The Kier molecular flexibility index (Phi) is 6.04. The van der Waals surface area contributed by atoms with Gasteiger partial charge in [-0.05, 0) is 50.5 Å². The second-order valence-corrected chi connectivity index (χ2v) is 7.34. The molecule has 0 radical (unpaired) electrons. The summed E-state index contributed by atoms with van der Waals surface area (Å²) < 4.78 is 11.1. The number of hydrogen-bond acceptors (Lipinski definition) is 4. The zero-order chi connectivity index (χ0) is 19.4. The van der Waals surface area contributed by atoms with Crippen molar-refractivity contribution in [2.45, 2.75) is 32.8 Å². The standard InChI is InChI=1S/C21H28N2O4/c1-15(2)27-18-8-4-16(14-19(18)26-3)5-9-20(24)22-10-12-23(13-11-22)21(25)17-6-7-17/h4-5,8-9,14-15,17H,6-7,10-13H2,1-3H3/b9-5+. The molecule has 2 fully saturated rings. The van der Waals surface area contributed by atoms with Gasteiger partial charge in [0, 0.05) is 38.2 Å². The molecule has 1 heterocycles. The Morgan fingerprint density at radius 3 is 2.33 bits per heavy atom. The molecule has 1 aliphatic heterocycles. The first kappa shape index (κ1) is 19.3. The molecule has 146 valence electrons. The van der Waals surface area contributed by atoms with Gasteiger partial charge in [-0.2, -0.15) is 0 Å². The fourth-order valence-electron chi connectivity index (χ4n) is 3.15. The predicted octanol–water partition coefficient (Wildman–Crippen LogP) is 2.58. The summed E-state index contributed by atoms with van der Waals surface area (Å²) in [6, 6.07) is 5.61. The largest absolute Gasteiger partial charge is 0.493 e. The quantitative estimate of drug-likeness (QED) is 0.720. The number of nitrogens with zero attached hydrogens (tertiary/aromatic N) is 2. The molecule has 1 saturated heterocycles. The van der Waals surface area contributed by atoms with Gasteiger partial charge in [0.15, 0.2) is 11.5 Å². The second-order valence-electron chi connectivity index (χ2n) is 7.34. The third kappa shape index (κ3) is 5.02. The molecule has 1 aromatic rings. The minimum atomic E-state index is -0.0324. The van der Waals surface area contributed by atoms with E-state index in [4.69, 9.17) is 9.47 Å². The molecule has 0 bridgehead atoms. The number of rotatable bonds is 6. The van der Waals surface area contributed by atoms with E-state index < -0.39 is 0 Å². The van der Waals surface area contributed by atoms with Gasteiger partial charge in [0.2, 0.25) is 11.8 Å². The summed E-state index contributed by atoms with van der Waals surface area (Å²) in [5.41, 5.74) is 0.874. The molecule has 0 N–H and O–H groups in total. The first-order valence-electron chi connectivity index (χ1n) is 9.58. The van der Waals surface area contributed by atoms with Crippen LogP contribution in [-0.2, 0) is 9.59 Å². The average Bonchev–Trinajstić information content (AvgIpc) is 3.51. The Bertz CT molecular complexity index is 717. The van der Waals surface area contributed by atoms with Crippen LogP contribution in [0, 0.1) is 5.92 Å². The zero-order valence-electron chi connectivity index (χ0n) is 16.3. The number of carbonyl (C=O) groups excluding carboxylic acids is 2. The highest BCUT2D eigenvalue weighted by atomic mass is 16.5. The van der Waals surface area contributed by atoms with E-state index in [0.717, 1.165) is 18.4 Å². The first-order chi connectivity index (χ1) is 13.0. The van der Waals surface area contributed by atoms with Gasteiger partial charge in [0.25, 0.3) is 0 Å². The van der Waals surface area contributed by atoms with Crippen molar-refractivity contribution < 1.29 is 19.1 Å². The van der Waals surface area contributed by atoms with E-state index in [1.807, 2.05) is 36.9 Å². The van der Waals surface area contributed by atoms with Gasteiger partial charge in [0.1, 0.15) is 0 Å². The Morgan fingerprint density at radius 1 is 1.07 bits per heavy atom. The van der Waals surface area contributed by atoms with Crippen LogP contribution in [-0.4, -0.2) is 61.0 Å². The number of piperazine rings is 1. The van der Waals surface area contributed by atoms with Gasteiger partial charge in [-0.15, -0.1) is 0 Å². The number of amides is 2. The lowest BCUT2D eigenvalue weighted by molar-refractivity contribution is -0.138. The van der Waals surface area contributed by atoms with E-state index in [1.165, 1.54) is 0 Å². The lowest BCUT2D eigenvalue weighted by Crippen LogP contribution is -2.50. The highest BCUT2D eigenvalue weighted by molar-refractivity contribution is 5.92. The van der Waals surface area contributed by atoms with E-state index in [1.54, 1.807) is 24.2 Å². The van der Waals surface area contributed by atoms with Crippen LogP contribution in [0.4, 0.5) is 0 Å². The highest BCUT2D eigenvalue weighted by Gasteiger charge is 2.34. The first-order valence-corrected chi connectivity index (χ1v) is 9.58. The van der Waals surface area contributed by atoms with Crippen LogP contribution in [0.25, 0.3) is 6.08 Å². The normalized spacial score (nSPS) is 17.5. The lowest BCUT2D eigenvalue weighted by Gasteiger charge is -2.34. The third-order valence-corrected chi connectivity index (χ3v) is 4.80. The number of methoxy groups -OCH3 is 1. The van der Waals surface area contributed by atoms with Gasteiger partial charge in [-0.1, -0.05) is 6.07 Å². The summed E-state index contributed by atoms with van der Waals surface area (Å²) in [6.07, 6.45) is 5.46. The van der Waals surface area contributed by atoms with Crippen LogP contribution >= 0.6 is 0 Å². The van der Waals surface area contributed by atoms with Crippen molar-refractivity contribution in [3.05, 3.63) is 29.8 Å². The molecule has 3 rings (SSSR count). The monoisotopic (exact) mass is 372 g/mol. The lowest BCUT2D eigenvalue weighted by atomic mass is 10.1. The van der Waals surface area contributed by atoms with Gasteiger partial charge >= 0.3 is 0 Å². The molecule has 2 aliphatic rings. The molecule has 2 amide bonds. The number of ether oxygens (including phenoxy) is 2. The maximum absolute atomic E-state index is 12.4. The molecule has 0 aromatic heterocycles. The van der Waals surface area contributed by atoms with Crippen LogP contribution in [0.1, 0.15) is 32.3 Å².